The second-order valence-corrected chi connectivity index (χ2v) is 7.30. The molecule has 1 aliphatic carbocycles. The molecular weight excluding hydrogens is 368 g/mol. The average Bonchev–Trinajstić information content (AvgIpc) is 2.72. The zero-order valence-electron chi connectivity index (χ0n) is 16.4. The summed E-state index contributed by atoms with van der Waals surface area (Å²) in [5, 5.41) is 2.03. The molecule has 28 heavy (non-hydrogen) atoms. The second kappa shape index (κ2) is 7.69. The van der Waals surface area contributed by atoms with Gasteiger partial charge < -0.3 is 9.32 Å². The van der Waals surface area contributed by atoms with Crippen molar-refractivity contribution in [1.82, 2.24) is 0 Å². The van der Waals surface area contributed by atoms with Crippen molar-refractivity contribution >= 4 is 28.3 Å². The lowest BCUT2D eigenvalue weighted by molar-refractivity contribution is 0.619. The summed E-state index contributed by atoms with van der Waals surface area (Å²) in [6.07, 6.45) is 0. The number of rotatable bonds is 4. The van der Waals surface area contributed by atoms with Crippen LogP contribution in [0, 0.1) is 0 Å². The summed E-state index contributed by atoms with van der Waals surface area (Å²) >= 11 is 5.98. The molecule has 0 N–H and O–H groups in total. The van der Waals surface area contributed by atoms with Gasteiger partial charge in [-0.3, -0.25) is 4.99 Å². The van der Waals surface area contributed by atoms with E-state index < -0.39 is 0 Å². The van der Waals surface area contributed by atoms with Gasteiger partial charge in [0.15, 0.2) is 0 Å². The molecule has 0 radical (unpaired) electrons. The number of fused-ring (bicyclic) bond motifs is 2. The Morgan fingerprint density at radius 1 is 0.964 bits per heavy atom. The monoisotopic (exact) mass is 390 g/mol. The summed E-state index contributed by atoms with van der Waals surface area (Å²) < 4.78 is 6.32. The quantitative estimate of drug-likeness (QED) is 0.319. The van der Waals surface area contributed by atoms with Crippen molar-refractivity contribution < 1.29 is 4.42 Å². The van der Waals surface area contributed by atoms with Gasteiger partial charge in [-0.25, -0.2) is 0 Å². The van der Waals surface area contributed by atoms with E-state index in [4.69, 9.17) is 16.0 Å². The van der Waals surface area contributed by atoms with Crippen LogP contribution in [0.25, 0.3) is 33.4 Å². The molecule has 0 saturated heterocycles. The van der Waals surface area contributed by atoms with Crippen LogP contribution >= 0.6 is 11.6 Å². The van der Waals surface area contributed by atoms with Gasteiger partial charge in [0.05, 0.1) is 5.36 Å². The molecular formula is C24H23ClN2O. The van der Waals surface area contributed by atoms with Gasteiger partial charge in [-0.05, 0) is 42.3 Å². The summed E-state index contributed by atoms with van der Waals surface area (Å²) in [6, 6.07) is 21.0. The summed E-state index contributed by atoms with van der Waals surface area (Å²) in [4.78, 5) is 6.61. The molecule has 0 saturated carbocycles. The third kappa shape index (κ3) is 3.38. The number of nitrogens with zero attached hydrogens (tertiary/aromatic N) is 2. The van der Waals surface area contributed by atoms with Gasteiger partial charge in [0.1, 0.15) is 11.3 Å². The van der Waals surface area contributed by atoms with E-state index in [2.05, 4.69) is 64.5 Å². The van der Waals surface area contributed by atoms with Gasteiger partial charge in [-0.15, -0.1) is 11.6 Å². The molecule has 3 nitrogen and oxygen atoms in total. The van der Waals surface area contributed by atoms with Gasteiger partial charge in [0.2, 0.25) is 0 Å². The highest BCUT2D eigenvalue weighted by atomic mass is 35.5. The Morgan fingerprint density at radius 2 is 1.75 bits per heavy atom. The first-order valence-electron chi connectivity index (χ1n) is 9.44. The van der Waals surface area contributed by atoms with Crippen LogP contribution in [0.1, 0.15) is 12.5 Å². The normalized spacial score (nSPS) is 12.1. The van der Waals surface area contributed by atoms with Gasteiger partial charge in [0, 0.05) is 60.9 Å². The first kappa shape index (κ1) is 18.6. The molecule has 1 aliphatic heterocycles. The molecule has 0 atom stereocenters. The molecule has 0 bridgehead atoms. The van der Waals surface area contributed by atoms with Crippen LogP contribution in [0.4, 0.5) is 5.69 Å². The zero-order valence-corrected chi connectivity index (χ0v) is 17.1. The lowest BCUT2D eigenvalue weighted by Crippen LogP contribution is -2.08. The molecule has 0 amide bonds. The smallest absolute Gasteiger partial charge is 0.137 e. The molecule has 0 fully saturated rings. The Balaban J connectivity index is 2.06. The maximum absolute atomic E-state index is 6.32. The molecule has 142 valence electrons. The van der Waals surface area contributed by atoms with Crippen LogP contribution in [0.2, 0.25) is 0 Å². The average molecular weight is 391 g/mol. The lowest BCUT2D eigenvalue weighted by atomic mass is 9.93. The summed E-state index contributed by atoms with van der Waals surface area (Å²) in [7, 11) is 4.07. The van der Waals surface area contributed by atoms with E-state index in [-0.39, 0.29) is 0 Å². The highest BCUT2D eigenvalue weighted by molar-refractivity contribution is 6.17. The van der Waals surface area contributed by atoms with E-state index in [9.17, 15) is 0 Å². The predicted octanol–water partition coefficient (Wildman–Crippen LogP) is 5.93. The van der Waals surface area contributed by atoms with Crippen LogP contribution in [0.15, 0.2) is 70.1 Å². The molecule has 0 spiro atoms. The number of alkyl halides is 1. The SMILES string of the molecule is CCN=c1ccc2c(-c3ccc(CCl)cc3)c3ccc(N(C)C)cc3oc-2c1. The Hall–Kier alpha value is -2.78. The van der Waals surface area contributed by atoms with Crippen LogP contribution in [0.3, 0.4) is 0 Å². The standard InChI is InChI=1S/C24H23ClN2O/c1-4-26-18-9-11-20-22(13-18)28-23-14-19(27(2)3)10-12-21(23)24(20)17-7-5-16(15-25)6-8-17/h5-14H,4,15H2,1-3H3. The first-order valence-corrected chi connectivity index (χ1v) is 9.98. The van der Waals surface area contributed by atoms with Crippen LogP contribution in [-0.2, 0) is 5.88 Å². The van der Waals surface area contributed by atoms with Gasteiger partial charge in [-0.2, -0.15) is 0 Å². The van der Waals surface area contributed by atoms with Crippen molar-refractivity contribution in [2.24, 2.45) is 4.99 Å². The number of hydrogen-bond donors (Lipinski definition) is 0. The van der Waals surface area contributed by atoms with E-state index in [1.807, 2.05) is 27.1 Å². The predicted molar refractivity (Wildman–Crippen MR) is 118 cm³/mol. The molecule has 0 unspecified atom stereocenters. The molecule has 2 aromatic carbocycles. The summed E-state index contributed by atoms with van der Waals surface area (Å²) in [6.45, 7) is 2.78. The number of anilines is 1. The minimum atomic E-state index is 0.514. The van der Waals surface area contributed by atoms with E-state index in [0.717, 1.165) is 51.0 Å². The van der Waals surface area contributed by atoms with Gasteiger partial charge in [0.25, 0.3) is 0 Å². The van der Waals surface area contributed by atoms with Crippen LogP contribution in [0.5, 0.6) is 0 Å². The Labute approximate surface area is 170 Å². The van der Waals surface area contributed by atoms with E-state index in [1.54, 1.807) is 0 Å². The van der Waals surface area contributed by atoms with E-state index in [1.165, 1.54) is 5.56 Å². The Morgan fingerprint density at radius 3 is 2.43 bits per heavy atom. The zero-order chi connectivity index (χ0) is 19.7. The van der Waals surface area contributed by atoms with E-state index in [0.29, 0.717) is 5.88 Å². The maximum Gasteiger partial charge on any atom is 0.137 e. The Bertz CT molecular complexity index is 1160. The largest absolute Gasteiger partial charge is 0.456 e. The lowest BCUT2D eigenvalue weighted by Gasteiger charge is -2.18. The van der Waals surface area contributed by atoms with Crippen molar-refractivity contribution in [2.45, 2.75) is 12.8 Å². The maximum atomic E-state index is 6.32. The van der Waals surface area contributed by atoms with Crippen molar-refractivity contribution in [3.63, 3.8) is 0 Å². The first-order chi connectivity index (χ1) is 13.6. The summed E-state index contributed by atoms with van der Waals surface area (Å²) in [5.41, 5.74) is 6.48. The fourth-order valence-electron chi connectivity index (χ4n) is 3.50. The van der Waals surface area contributed by atoms with Crippen molar-refractivity contribution in [3.8, 4) is 22.5 Å². The number of halogens is 1. The third-order valence-corrected chi connectivity index (χ3v) is 5.25. The second-order valence-electron chi connectivity index (χ2n) is 7.04. The molecule has 2 aromatic rings. The highest BCUT2D eigenvalue weighted by Crippen LogP contribution is 2.40. The molecule has 4 rings (SSSR count). The van der Waals surface area contributed by atoms with Gasteiger partial charge in [-0.1, -0.05) is 24.3 Å². The van der Waals surface area contributed by atoms with E-state index >= 15 is 0 Å². The minimum absolute atomic E-state index is 0.514. The molecule has 2 aliphatic rings. The minimum Gasteiger partial charge on any atom is -0.456 e. The van der Waals surface area contributed by atoms with Crippen LogP contribution in [-0.4, -0.2) is 20.6 Å². The fraction of sp³-hybridized carbons (Fsp3) is 0.208. The Kier molecular flexibility index (Phi) is 5.10. The fourth-order valence-corrected chi connectivity index (χ4v) is 3.68. The number of benzene rings is 3. The summed E-state index contributed by atoms with van der Waals surface area (Å²) in [5.74, 6) is 1.36. The van der Waals surface area contributed by atoms with Gasteiger partial charge >= 0.3 is 0 Å². The van der Waals surface area contributed by atoms with Crippen molar-refractivity contribution in [3.05, 3.63) is 71.6 Å². The number of hydrogen-bond acceptors (Lipinski definition) is 3. The van der Waals surface area contributed by atoms with Crippen LogP contribution < -0.4 is 10.3 Å². The third-order valence-electron chi connectivity index (χ3n) is 4.94. The molecule has 4 heteroatoms. The topological polar surface area (TPSA) is 28.7 Å². The van der Waals surface area contributed by atoms with Crippen molar-refractivity contribution in [1.29, 1.82) is 0 Å². The molecule has 1 heterocycles. The van der Waals surface area contributed by atoms with Crippen molar-refractivity contribution in [2.75, 3.05) is 25.5 Å². The molecule has 0 aromatic heterocycles. The highest BCUT2D eigenvalue weighted by Gasteiger charge is 2.17.